The summed E-state index contributed by atoms with van der Waals surface area (Å²) >= 11 is 0. The lowest BCUT2D eigenvalue weighted by molar-refractivity contribution is -0.0892. The van der Waals surface area contributed by atoms with Gasteiger partial charge in [0, 0.05) is 18.7 Å². The molecular formula is C23H27F2N2O2P. The van der Waals surface area contributed by atoms with Crippen molar-refractivity contribution in [3.8, 4) is 5.75 Å². The van der Waals surface area contributed by atoms with Crippen LogP contribution in [0.15, 0.2) is 36.4 Å². The number of rotatable bonds is 6. The monoisotopic (exact) mass is 432 g/mol. The highest BCUT2D eigenvalue weighted by Crippen LogP contribution is 2.31. The molecule has 0 spiro atoms. The summed E-state index contributed by atoms with van der Waals surface area (Å²) in [5.74, 6) is -2.47. The molecule has 160 valence electrons. The van der Waals surface area contributed by atoms with Crippen molar-refractivity contribution in [1.29, 1.82) is 0 Å². The van der Waals surface area contributed by atoms with Crippen molar-refractivity contribution in [3.05, 3.63) is 64.2 Å². The number of nitrogens with one attached hydrogen (secondary N) is 1. The summed E-state index contributed by atoms with van der Waals surface area (Å²) in [7, 11) is 1.36. The van der Waals surface area contributed by atoms with Gasteiger partial charge in [-0.25, -0.2) is 0 Å². The third kappa shape index (κ3) is 4.98. The summed E-state index contributed by atoms with van der Waals surface area (Å²) in [5.41, 5.74) is 5.13. The van der Waals surface area contributed by atoms with Crippen LogP contribution < -0.4 is 10.1 Å². The van der Waals surface area contributed by atoms with Gasteiger partial charge in [-0.2, -0.15) is 8.78 Å². The van der Waals surface area contributed by atoms with Gasteiger partial charge in [0.05, 0.1) is 0 Å². The van der Waals surface area contributed by atoms with Crippen LogP contribution in [0.5, 0.6) is 5.75 Å². The molecule has 1 amide bonds. The van der Waals surface area contributed by atoms with E-state index in [0.717, 1.165) is 41.8 Å². The summed E-state index contributed by atoms with van der Waals surface area (Å²) in [6.07, 6.45) is 3.46. The predicted molar refractivity (Wildman–Crippen MR) is 116 cm³/mol. The first-order chi connectivity index (χ1) is 14.3. The van der Waals surface area contributed by atoms with Crippen molar-refractivity contribution in [2.24, 2.45) is 5.92 Å². The van der Waals surface area contributed by atoms with Crippen molar-refractivity contribution < 1.29 is 18.3 Å². The van der Waals surface area contributed by atoms with Crippen LogP contribution in [0.2, 0.25) is 0 Å². The summed E-state index contributed by atoms with van der Waals surface area (Å²) < 4.78 is 30.4. The number of aryl methyl sites for hydroxylation is 1. The average Bonchev–Trinajstić information content (AvgIpc) is 2.99. The van der Waals surface area contributed by atoms with Crippen LogP contribution in [0.4, 0.5) is 8.78 Å². The number of carbonyl (C=O) groups is 1. The highest BCUT2D eigenvalue weighted by molar-refractivity contribution is 7.17. The van der Waals surface area contributed by atoms with Gasteiger partial charge in [0.2, 0.25) is 0 Å². The quantitative estimate of drug-likeness (QED) is 0.684. The number of amides is 1. The maximum absolute atomic E-state index is 13.0. The minimum Gasteiger partial charge on any atom is -0.430 e. The number of benzene rings is 2. The molecule has 2 aliphatic heterocycles. The van der Waals surface area contributed by atoms with E-state index in [1.54, 1.807) is 12.1 Å². The van der Waals surface area contributed by atoms with E-state index in [-0.39, 0.29) is 11.7 Å². The van der Waals surface area contributed by atoms with Crippen molar-refractivity contribution in [1.82, 2.24) is 10.2 Å². The lowest BCUT2D eigenvalue weighted by atomic mass is 9.89. The van der Waals surface area contributed by atoms with E-state index >= 15 is 0 Å². The zero-order valence-electron chi connectivity index (χ0n) is 17.1. The predicted octanol–water partition coefficient (Wildman–Crippen LogP) is 4.50. The molecule has 1 saturated heterocycles. The van der Waals surface area contributed by atoms with Gasteiger partial charge in [0.25, 0.3) is 5.91 Å². The molecule has 2 heterocycles. The first-order valence-corrected chi connectivity index (χ1v) is 10.9. The molecule has 2 aliphatic rings. The zero-order chi connectivity index (χ0) is 21.3. The molecular weight excluding hydrogens is 405 g/mol. The van der Waals surface area contributed by atoms with Crippen molar-refractivity contribution >= 4 is 15.1 Å². The molecule has 4 rings (SSSR count). The van der Waals surface area contributed by atoms with Crippen molar-refractivity contribution in [3.63, 3.8) is 0 Å². The number of hydrogen-bond donors (Lipinski definition) is 1. The SMILES string of the molecule is Cc1cc(CC2CCNCC2)cc2c1C(=O)N(Cc1ccc(OC(F)(F)P)cc1)C2. The van der Waals surface area contributed by atoms with E-state index in [1.807, 2.05) is 11.8 Å². The molecule has 0 saturated carbocycles. The van der Waals surface area contributed by atoms with Gasteiger partial charge < -0.3 is 15.0 Å². The van der Waals surface area contributed by atoms with E-state index in [9.17, 15) is 13.6 Å². The van der Waals surface area contributed by atoms with Gasteiger partial charge in [-0.1, -0.05) is 24.3 Å². The Balaban J connectivity index is 1.44. The van der Waals surface area contributed by atoms with E-state index in [0.29, 0.717) is 19.0 Å². The topological polar surface area (TPSA) is 41.6 Å². The molecule has 0 bridgehead atoms. The Morgan fingerprint density at radius 3 is 2.53 bits per heavy atom. The van der Waals surface area contributed by atoms with E-state index in [2.05, 4.69) is 22.2 Å². The Labute approximate surface area is 178 Å². The second kappa shape index (κ2) is 8.60. The van der Waals surface area contributed by atoms with E-state index in [1.165, 1.54) is 39.8 Å². The molecule has 0 aliphatic carbocycles. The van der Waals surface area contributed by atoms with Gasteiger partial charge in [-0.05, 0) is 88.8 Å². The minimum absolute atomic E-state index is 0.0349. The third-order valence-corrected chi connectivity index (χ3v) is 5.99. The van der Waals surface area contributed by atoms with E-state index in [4.69, 9.17) is 0 Å². The number of ether oxygens (including phenoxy) is 1. The van der Waals surface area contributed by atoms with Crippen LogP contribution in [0, 0.1) is 12.8 Å². The van der Waals surface area contributed by atoms with Gasteiger partial charge in [-0.15, -0.1) is 0 Å². The molecule has 7 heteroatoms. The number of carbonyl (C=O) groups excluding carboxylic acids is 1. The van der Waals surface area contributed by atoms with Crippen molar-refractivity contribution in [2.75, 3.05) is 13.1 Å². The van der Waals surface area contributed by atoms with Gasteiger partial charge in [-0.3, -0.25) is 4.79 Å². The molecule has 1 N–H and O–H groups in total. The molecule has 2 aromatic rings. The lowest BCUT2D eigenvalue weighted by Crippen LogP contribution is -2.28. The van der Waals surface area contributed by atoms with Gasteiger partial charge in [0.1, 0.15) is 5.75 Å². The van der Waals surface area contributed by atoms with Crippen molar-refractivity contribution in [2.45, 2.75) is 45.1 Å². The smallest absolute Gasteiger partial charge is 0.408 e. The number of piperidine rings is 1. The van der Waals surface area contributed by atoms with Gasteiger partial charge >= 0.3 is 5.85 Å². The first kappa shape index (κ1) is 21.2. The normalized spacial score (nSPS) is 17.3. The average molecular weight is 432 g/mol. The maximum atomic E-state index is 13.0. The fourth-order valence-corrected chi connectivity index (χ4v) is 4.65. The summed E-state index contributed by atoms with van der Waals surface area (Å²) in [5, 5.41) is 3.41. The highest BCUT2D eigenvalue weighted by Gasteiger charge is 2.30. The number of alkyl halides is 2. The number of nitrogens with zero attached hydrogens (tertiary/aromatic N) is 1. The molecule has 1 unspecified atom stereocenters. The van der Waals surface area contributed by atoms with E-state index < -0.39 is 5.85 Å². The molecule has 1 fully saturated rings. The zero-order valence-corrected chi connectivity index (χ0v) is 18.2. The molecule has 4 nitrogen and oxygen atoms in total. The molecule has 30 heavy (non-hydrogen) atoms. The summed E-state index contributed by atoms with van der Waals surface area (Å²) in [6.45, 7) is 5.20. The van der Waals surface area contributed by atoms with Gasteiger partial charge in [0.15, 0.2) is 0 Å². The van der Waals surface area contributed by atoms with Crippen LogP contribution in [0.25, 0.3) is 0 Å². The molecule has 1 atom stereocenters. The Bertz CT molecular complexity index is 922. The van der Waals surface area contributed by atoms with Crippen LogP contribution in [0.1, 0.15) is 45.5 Å². The number of halogens is 2. The number of hydrogen-bond acceptors (Lipinski definition) is 3. The fourth-order valence-electron chi connectivity index (χ4n) is 4.51. The van der Waals surface area contributed by atoms with Crippen LogP contribution in [-0.2, 0) is 19.5 Å². The minimum atomic E-state index is -3.29. The first-order valence-electron chi connectivity index (χ1n) is 10.4. The molecule has 2 aromatic carbocycles. The van der Waals surface area contributed by atoms with Crippen LogP contribution >= 0.6 is 9.24 Å². The largest absolute Gasteiger partial charge is 0.430 e. The third-order valence-electron chi connectivity index (χ3n) is 5.87. The molecule has 0 aromatic heterocycles. The maximum Gasteiger partial charge on any atom is 0.408 e. The van der Waals surface area contributed by atoms with Crippen LogP contribution in [0.3, 0.4) is 0 Å². The summed E-state index contributed by atoms with van der Waals surface area (Å²) in [6, 6.07) is 10.8. The lowest BCUT2D eigenvalue weighted by Gasteiger charge is -2.23. The second-order valence-corrected chi connectivity index (χ2v) is 8.99. The fraction of sp³-hybridized carbons (Fsp3) is 0.435. The Hall–Kier alpha value is -2.04. The number of fused-ring (bicyclic) bond motifs is 1. The Morgan fingerprint density at radius 1 is 1.17 bits per heavy atom. The summed E-state index contributed by atoms with van der Waals surface area (Å²) in [4.78, 5) is 14.8. The second-order valence-electron chi connectivity index (χ2n) is 8.31. The Kier molecular flexibility index (Phi) is 6.08. The highest BCUT2D eigenvalue weighted by atomic mass is 31.0. The molecule has 0 radical (unpaired) electrons. The van der Waals surface area contributed by atoms with Crippen LogP contribution in [-0.4, -0.2) is 29.7 Å². The Morgan fingerprint density at radius 2 is 1.87 bits per heavy atom. The standard InChI is InChI=1S/C23H27F2N2O2P/c1-15-10-18(11-16-6-8-26-9-7-16)12-19-14-27(22(28)21(15)19)13-17-2-4-20(5-3-17)29-23(24,25)30/h2-5,10,12,16,26H,6-9,11,13-14,30H2,1H3.